The molecule has 0 saturated carbocycles. The number of rotatable bonds is 11. The molecule has 3 amide bonds. The molecular weight excluding hydrogens is 607 g/mol. The van der Waals surface area contributed by atoms with E-state index < -0.39 is 50.9 Å². The summed E-state index contributed by atoms with van der Waals surface area (Å²) in [5, 5.41) is 13.9. The Bertz CT molecular complexity index is 1730. The molecule has 1 aliphatic rings. The molecule has 3 aromatic rings. The van der Waals surface area contributed by atoms with Crippen LogP contribution in [0.2, 0.25) is 0 Å². The minimum Gasteiger partial charge on any atom is -0.493 e. The number of ether oxygens (including phenoxy) is 2. The molecule has 14 heteroatoms. The molecule has 1 fully saturated rings. The highest BCUT2D eigenvalue weighted by atomic mass is 32.2. The van der Waals surface area contributed by atoms with E-state index in [2.05, 4.69) is 10.6 Å². The number of halogens is 1. The molecule has 45 heavy (non-hydrogen) atoms. The van der Waals surface area contributed by atoms with Gasteiger partial charge < -0.3 is 30.5 Å². The Labute approximate surface area is 260 Å². The fourth-order valence-corrected chi connectivity index (χ4v) is 6.62. The van der Waals surface area contributed by atoms with Gasteiger partial charge in [-0.1, -0.05) is 6.07 Å². The van der Waals surface area contributed by atoms with Gasteiger partial charge in [0.25, 0.3) is 5.91 Å². The van der Waals surface area contributed by atoms with Gasteiger partial charge in [-0.3, -0.25) is 14.9 Å². The van der Waals surface area contributed by atoms with Crippen LogP contribution >= 0.6 is 0 Å². The van der Waals surface area contributed by atoms with Crippen molar-refractivity contribution in [1.29, 1.82) is 0 Å². The first kappa shape index (κ1) is 33.1. The predicted molar refractivity (Wildman–Crippen MR) is 165 cm³/mol. The minimum absolute atomic E-state index is 0.00148. The number of benzene rings is 3. The van der Waals surface area contributed by atoms with Crippen LogP contribution in [-0.4, -0.2) is 62.3 Å². The summed E-state index contributed by atoms with van der Waals surface area (Å²) < 4.78 is 51.9. The van der Waals surface area contributed by atoms with Crippen molar-refractivity contribution in [2.45, 2.75) is 48.9 Å². The Morgan fingerprint density at radius 2 is 1.69 bits per heavy atom. The molecular formula is C31H35FN4O8S. The number of anilines is 2. The van der Waals surface area contributed by atoms with Crippen molar-refractivity contribution >= 4 is 39.1 Å². The lowest BCUT2D eigenvalue weighted by Gasteiger charge is -2.32. The second kappa shape index (κ2) is 13.4. The second-order valence-electron chi connectivity index (χ2n) is 10.7. The molecule has 0 bridgehead atoms. The van der Waals surface area contributed by atoms with Gasteiger partial charge in [-0.25, -0.2) is 17.6 Å². The number of sulfone groups is 1. The third-order valence-electron chi connectivity index (χ3n) is 7.61. The summed E-state index contributed by atoms with van der Waals surface area (Å²) in [6.45, 7) is 3.35. The van der Waals surface area contributed by atoms with Gasteiger partial charge >= 0.3 is 6.09 Å². The summed E-state index contributed by atoms with van der Waals surface area (Å²) in [6, 6.07) is 10.8. The highest BCUT2D eigenvalue weighted by Gasteiger charge is 2.38. The van der Waals surface area contributed by atoms with Crippen LogP contribution < -0.4 is 25.8 Å². The molecule has 4 rings (SSSR count). The number of nitrogens with two attached hydrogens (primary N) is 1. The van der Waals surface area contributed by atoms with Gasteiger partial charge in [0.1, 0.15) is 11.9 Å². The monoisotopic (exact) mass is 642 g/mol. The number of hydrogen-bond acceptors (Lipinski definition) is 8. The van der Waals surface area contributed by atoms with Gasteiger partial charge in [0.15, 0.2) is 21.3 Å². The lowest BCUT2D eigenvalue weighted by Crippen LogP contribution is -2.38. The number of amides is 3. The normalized spacial score (nSPS) is 15.4. The average Bonchev–Trinajstić information content (AvgIpc) is 3.49. The third kappa shape index (κ3) is 6.95. The molecule has 1 aliphatic heterocycles. The number of likely N-dealkylation sites (tertiary alicyclic amines) is 1. The van der Waals surface area contributed by atoms with Crippen molar-refractivity contribution in [2.75, 3.05) is 31.4 Å². The maximum atomic E-state index is 14.5. The molecule has 0 spiro atoms. The lowest BCUT2D eigenvalue weighted by atomic mass is 10.0. The summed E-state index contributed by atoms with van der Waals surface area (Å²) in [5.74, 6) is -1.52. The van der Waals surface area contributed by atoms with E-state index in [9.17, 15) is 32.3 Å². The van der Waals surface area contributed by atoms with Crippen molar-refractivity contribution in [3.05, 3.63) is 77.1 Å². The zero-order valence-electron chi connectivity index (χ0n) is 25.2. The number of carbonyl (C=O) groups excluding carboxylic acids is 2. The van der Waals surface area contributed by atoms with Crippen molar-refractivity contribution in [3.63, 3.8) is 0 Å². The van der Waals surface area contributed by atoms with E-state index in [-0.39, 0.29) is 33.9 Å². The van der Waals surface area contributed by atoms with Crippen molar-refractivity contribution in [1.82, 2.24) is 4.90 Å². The Hall–Kier alpha value is -4.85. The van der Waals surface area contributed by atoms with Gasteiger partial charge in [-0.15, -0.1) is 0 Å². The summed E-state index contributed by atoms with van der Waals surface area (Å²) in [5.41, 5.74) is 6.07. The molecule has 0 radical (unpaired) electrons. The van der Waals surface area contributed by atoms with Crippen molar-refractivity contribution in [2.24, 2.45) is 5.73 Å². The van der Waals surface area contributed by atoms with E-state index in [4.69, 9.17) is 15.2 Å². The SMILES string of the molecule is COc1ccc([C@H](Nc2ccc(F)c(C(N)=O)c2)C(=O)N2CCC[C@@H]2c2cc(NC(=O)O)ccc2S(=O)(=O)C(C)C)cc1OC. The molecule has 2 atom stereocenters. The summed E-state index contributed by atoms with van der Waals surface area (Å²) in [7, 11) is -0.926. The molecule has 240 valence electrons. The summed E-state index contributed by atoms with van der Waals surface area (Å²) in [6.07, 6.45) is -0.383. The van der Waals surface area contributed by atoms with Gasteiger partial charge in [-0.05, 0) is 86.3 Å². The fourth-order valence-electron chi connectivity index (χ4n) is 5.33. The van der Waals surface area contributed by atoms with E-state index in [1.807, 2.05) is 0 Å². The summed E-state index contributed by atoms with van der Waals surface area (Å²) >= 11 is 0. The standard InChI is InChI=1S/C31H35FN4O8S/c1-17(2)45(41,42)27-12-9-20(35-31(39)40)16-22(27)24-6-5-13-36(24)30(38)28(18-7-11-25(43-3)26(14-18)44-4)34-19-8-10-23(32)21(15-19)29(33)37/h7-12,14-17,24,28,34-35H,5-6,13H2,1-4H3,(H2,33,37)(H,39,40)/t24-,28+/m1/s1. The van der Waals surface area contributed by atoms with Crippen LogP contribution in [0.25, 0.3) is 0 Å². The van der Waals surface area contributed by atoms with E-state index >= 15 is 0 Å². The van der Waals surface area contributed by atoms with E-state index in [1.54, 1.807) is 32.0 Å². The number of nitrogens with zero attached hydrogens (tertiary/aromatic N) is 1. The Kier molecular flexibility index (Phi) is 9.86. The van der Waals surface area contributed by atoms with Crippen LogP contribution in [0.15, 0.2) is 59.5 Å². The Morgan fingerprint density at radius 1 is 1.00 bits per heavy atom. The number of methoxy groups -OCH3 is 2. The first-order valence-electron chi connectivity index (χ1n) is 14.0. The second-order valence-corrected chi connectivity index (χ2v) is 13.2. The summed E-state index contributed by atoms with van der Waals surface area (Å²) in [4.78, 5) is 39.3. The zero-order valence-corrected chi connectivity index (χ0v) is 26.0. The van der Waals surface area contributed by atoms with Gasteiger partial charge in [-0.2, -0.15) is 0 Å². The van der Waals surface area contributed by atoms with Gasteiger partial charge in [0.05, 0.1) is 36.0 Å². The predicted octanol–water partition coefficient (Wildman–Crippen LogP) is 4.73. The smallest absolute Gasteiger partial charge is 0.409 e. The highest BCUT2D eigenvalue weighted by Crippen LogP contribution is 2.41. The van der Waals surface area contributed by atoms with Gasteiger partial charge in [0, 0.05) is 17.9 Å². The van der Waals surface area contributed by atoms with Crippen molar-refractivity contribution in [3.8, 4) is 11.5 Å². The number of hydrogen-bond donors (Lipinski definition) is 4. The molecule has 5 N–H and O–H groups in total. The molecule has 0 aliphatic carbocycles. The van der Waals surface area contributed by atoms with E-state index in [0.717, 1.165) is 6.07 Å². The molecule has 0 unspecified atom stereocenters. The third-order valence-corrected chi connectivity index (χ3v) is 9.84. The lowest BCUT2D eigenvalue weighted by molar-refractivity contribution is -0.133. The Morgan fingerprint density at radius 3 is 2.31 bits per heavy atom. The number of primary amides is 1. The van der Waals surface area contributed by atoms with Crippen LogP contribution in [0.4, 0.5) is 20.6 Å². The molecule has 3 aromatic carbocycles. The van der Waals surface area contributed by atoms with E-state index in [1.165, 1.54) is 49.5 Å². The maximum Gasteiger partial charge on any atom is 0.409 e. The molecule has 12 nitrogen and oxygen atoms in total. The average molecular weight is 643 g/mol. The highest BCUT2D eigenvalue weighted by molar-refractivity contribution is 7.92. The molecule has 1 saturated heterocycles. The van der Waals surface area contributed by atoms with Crippen LogP contribution in [0, 0.1) is 5.82 Å². The quantitative estimate of drug-likeness (QED) is 0.230. The Balaban J connectivity index is 1.84. The molecule has 0 aromatic heterocycles. The van der Waals surface area contributed by atoms with Crippen LogP contribution in [0.1, 0.15) is 60.3 Å². The zero-order chi connectivity index (χ0) is 33.1. The van der Waals surface area contributed by atoms with Crippen molar-refractivity contribution < 1.29 is 41.8 Å². The van der Waals surface area contributed by atoms with Crippen LogP contribution in [-0.2, 0) is 14.6 Å². The first-order chi connectivity index (χ1) is 21.3. The maximum absolute atomic E-state index is 14.5. The first-order valence-corrected chi connectivity index (χ1v) is 15.6. The van der Waals surface area contributed by atoms with Crippen LogP contribution in [0.5, 0.6) is 11.5 Å². The van der Waals surface area contributed by atoms with E-state index in [0.29, 0.717) is 29.9 Å². The number of carboxylic acid groups (broad SMARTS) is 1. The number of carbonyl (C=O) groups is 3. The molecule has 1 heterocycles. The van der Waals surface area contributed by atoms with Crippen LogP contribution in [0.3, 0.4) is 0 Å². The fraction of sp³-hybridized carbons (Fsp3) is 0.323. The van der Waals surface area contributed by atoms with Gasteiger partial charge in [0.2, 0.25) is 5.91 Å². The minimum atomic E-state index is -3.83. The largest absolute Gasteiger partial charge is 0.493 e. The topological polar surface area (TPSA) is 177 Å². The number of nitrogens with one attached hydrogen (secondary N) is 2.